The van der Waals surface area contributed by atoms with Gasteiger partial charge in [-0.05, 0) is 112 Å². The Kier molecular flexibility index (Phi) is 9.02. The summed E-state index contributed by atoms with van der Waals surface area (Å²) in [4.78, 5) is 71.4. The van der Waals surface area contributed by atoms with Crippen LogP contribution in [0.5, 0.6) is 5.75 Å². The number of benzene rings is 2. The molecule has 3 unspecified atom stereocenters. The van der Waals surface area contributed by atoms with Gasteiger partial charge in [0.1, 0.15) is 17.3 Å². The first-order chi connectivity index (χ1) is 24.6. The summed E-state index contributed by atoms with van der Waals surface area (Å²) in [6, 6.07) is 12.9. The zero-order valence-electron chi connectivity index (χ0n) is 30.3. The molecule has 1 heterocycles. The van der Waals surface area contributed by atoms with E-state index in [2.05, 4.69) is 31.2 Å². The first kappa shape index (κ1) is 35.8. The Labute approximate surface area is 303 Å². The Balaban J connectivity index is 1.19. The molecule has 0 aliphatic heterocycles. The maximum absolute atomic E-state index is 14.5. The molecule has 1 amide bonds. The van der Waals surface area contributed by atoms with Gasteiger partial charge in [-0.1, -0.05) is 24.3 Å². The molecule has 0 spiro atoms. The molecule has 0 bridgehead atoms. The molecule has 11 heteroatoms. The fourth-order valence-electron chi connectivity index (χ4n) is 9.88. The number of aliphatic hydroxyl groups is 1. The van der Waals surface area contributed by atoms with Gasteiger partial charge in [-0.3, -0.25) is 28.9 Å². The van der Waals surface area contributed by atoms with Gasteiger partial charge in [-0.15, -0.1) is 0 Å². The summed E-state index contributed by atoms with van der Waals surface area (Å²) in [6.45, 7) is 2.17. The van der Waals surface area contributed by atoms with Gasteiger partial charge in [-0.25, -0.2) is 0 Å². The first-order valence-corrected chi connectivity index (χ1v) is 18.2. The van der Waals surface area contributed by atoms with Crippen molar-refractivity contribution in [3.05, 3.63) is 70.5 Å². The number of hydrogen-bond acceptors (Lipinski definition) is 10. The molecule has 4 aliphatic carbocycles. The Hall–Kier alpha value is -4.61. The largest absolute Gasteiger partial charge is 0.506 e. The number of primary amides is 1. The number of phenols is 1. The third kappa shape index (κ3) is 5.51. The van der Waals surface area contributed by atoms with Gasteiger partial charge >= 0.3 is 0 Å². The molecule has 4 aliphatic rings. The zero-order valence-corrected chi connectivity index (χ0v) is 30.3. The first-order valence-electron chi connectivity index (χ1n) is 18.2. The molecular formula is C41H47N3O8. The fraction of sp³-hybridized carbons (Fsp3) is 0.488. The summed E-state index contributed by atoms with van der Waals surface area (Å²) in [5, 5.41) is 23.7. The van der Waals surface area contributed by atoms with Crippen LogP contribution in [0.1, 0.15) is 70.8 Å². The number of amides is 1. The number of rotatable bonds is 7. The summed E-state index contributed by atoms with van der Waals surface area (Å²) in [5.41, 5.74) is 6.87. The van der Waals surface area contributed by atoms with Crippen LogP contribution in [0.15, 0.2) is 46.9 Å². The topological polar surface area (TPSA) is 171 Å². The quantitative estimate of drug-likeness (QED) is 0.305. The van der Waals surface area contributed by atoms with Crippen LogP contribution in [0.25, 0.3) is 11.3 Å². The van der Waals surface area contributed by atoms with Crippen molar-refractivity contribution in [2.75, 3.05) is 33.1 Å². The molecule has 11 nitrogen and oxygen atoms in total. The SMILES string of the molecule is Cc1ccccc1C1CCC(Cc2ccc(-c3cc(N(C)C)c4c(c3O)C(=O)C3C(=O)[C@@]5(O)C(=O)C(C(N)=O)C(=O)C(N(C)C)[C@H]5C[C@H]3C4)o2)CC1. The average Bonchev–Trinajstić information content (AvgIpc) is 3.54. The molecule has 52 heavy (non-hydrogen) atoms. The van der Waals surface area contributed by atoms with Crippen LogP contribution in [0, 0.1) is 36.5 Å². The number of furan rings is 1. The van der Waals surface area contributed by atoms with Gasteiger partial charge in [0.15, 0.2) is 34.7 Å². The Morgan fingerprint density at radius 3 is 2.31 bits per heavy atom. The zero-order chi connectivity index (χ0) is 37.4. The van der Waals surface area contributed by atoms with Crippen molar-refractivity contribution < 1.29 is 38.6 Å². The lowest BCUT2D eigenvalue weighted by molar-refractivity contribution is -0.181. The van der Waals surface area contributed by atoms with E-state index < -0.39 is 64.4 Å². The molecule has 1 aromatic heterocycles. The van der Waals surface area contributed by atoms with Gasteiger partial charge in [0, 0.05) is 32.1 Å². The Bertz CT molecular complexity index is 1990. The normalized spacial score (nSPS) is 30.2. The number of ketones is 4. The lowest BCUT2D eigenvalue weighted by atomic mass is 9.52. The van der Waals surface area contributed by atoms with Crippen LogP contribution < -0.4 is 10.6 Å². The monoisotopic (exact) mass is 709 g/mol. The van der Waals surface area contributed by atoms with Crippen molar-refractivity contribution >= 4 is 34.7 Å². The van der Waals surface area contributed by atoms with Crippen molar-refractivity contribution in [3.63, 3.8) is 0 Å². The van der Waals surface area contributed by atoms with E-state index >= 15 is 0 Å². The number of likely N-dealkylation sites (N-methyl/N-ethyl adjacent to an activating group) is 1. The number of fused-ring (bicyclic) bond motifs is 3. The highest BCUT2D eigenvalue weighted by Crippen LogP contribution is 2.53. The van der Waals surface area contributed by atoms with Crippen molar-refractivity contribution in [2.24, 2.45) is 35.3 Å². The molecule has 4 N–H and O–H groups in total. The summed E-state index contributed by atoms with van der Waals surface area (Å²) in [6.07, 6.45) is 5.31. The van der Waals surface area contributed by atoms with E-state index in [1.54, 1.807) is 26.2 Å². The highest BCUT2D eigenvalue weighted by atomic mass is 16.3. The van der Waals surface area contributed by atoms with E-state index in [4.69, 9.17) is 10.2 Å². The van der Waals surface area contributed by atoms with Gasteiger partial charge in [0.25, 0.3) is 0 Å². The smallest absolute Gasteiger partial charge is 0.235 e. The minimum Gasteiger partial charge on any atom is -0.506 e. The van der Waals surface area contributed by atoms with E-state index in [9.17, 15) is 34.2 Å². The van der Waals surface area contributed by atoms with Crippen molar-refractivity contribution in [1.82, 2.24) is 4.90 Å². The predicted octanol–water partition coefficient (Wildman–Crippen LogP) is 4.02. The second kappa shape index (κ2) is 13.1. The third-order valence-corrected chi connectivity index (χ3v) is 12.4. The summed E-state index contributed by atoms with van der Waals surface area (Å²) in [7, 11) is 6.78. The van der Waals surface area contributed by atoms with E-state index in [1.807, 2.05) is 25.1 Å². The van der Waals surface area contributed by atoms with Crippen molar-refractivity contribution in [3.8, 4) is 17.1 Å². The van der Waals surface area contributed by atoms with Crippen LogP contribution in [-0.4, -0.2) is 84.0 Å². The molecular weight excluding hydrogens is 662 g/mol. The van der Waals surface area contributed by atoms with Gasteiger partial charge < -0.3 is 25.3 Å². The fourth-order valence-corrected chi connectivity index (χ4v) is 9.88. The van der Waals surface area contributed by atoms with E-state index in [0.717, 1.165) is 37.9 Å². The van der Waals surface area contributed by atoms with Crippen LogP contribution in [-0.2, 0) is 32.0 Å². The third-order valence-electron chi connectivity index (χ3n) is 12.4. The maximum Gasteiger partial charge on any atom is 0.235 e. The molecule has 6 atom stereocenters. The minimum atomic E-state index is -2.77. The molecule has 3 aromatic rings. The predicted molar refractivity (Wildman–Crippen MR) is 193 cm³/mol. The summed E-state index contributed by atoms with van der Waals surface area (Å²) >= 11 is 0. The lowest BCUT2D eigenvalue weighted by Gasteiger charge is -2.52. The van der Waals surface area contributed by atoms with Crippen molar-refractivity contribution in [1.29, 1.82) is 0 Å². The molecule has 3 saturated carbocycles. The Morgan fingerprint density at radius 2 is 1.67 bits per heavy atom. The van der Waals surface area contributed by atoms with Crippen LogP contribution in [0.3, 0.4) is 0 Å². The second-order valence-electron chi connectivity index (χ2n) is 15.9. The number of aryl methyl sites for hydroxylation is 1. The number of anilines is 1. The second-order valence-corrected chi connectivity index (χ2v) is 15.9. The van der Waals surface area contributed by atoms with Crippen LogP contribution in [0.4, 0.5) is 5.69 Å². The van der Waals surface area contributed by atoms with E-state index in [1.165, 1.54) is 16.0 Å². The summed E-state index contributed by atoms with van der Waals surface area (Å²) in [5.74, 6) is -8.58. The Morgan fingerprint density at radius 1 is 0.981 bits per heavy atom. The number of Topliss-reactive ketones (excluding diaryl/α,β-unsaturated/α-hetero) is 4. The maximum atomic E-state index is 14.5. The van der Waals surface area contributed by atoms with Crippen molar-refractivity contribution in [2.45, 2.75) is 69.4 Å². The standard InChI is InChI=1S/C41H47N3O8/c1-20-8-6-7-9-25(20)22-12-10-21(11-13-22)16-24-14-15-30(52-24)27-19-29(43(2)3)26-17-23-18-28-34(44(4)5)37(47)33(40(42)50)39(49)41(28,51)38(48)31(23)36(46)32(26)35(27)45/h6-9,14-15,19,21-23,28,31,33-34,45,51H,10-13,16-18H2,1-5H3,(H2,42,50)/t21?,22?,23-,28-,31?,33?,34?,41-/m1/s1. The molecule has 3 fully saturated rings. The molecule has 0 saturated heterocycles. The number of aromatic hydroxyl groups is 1. The lowest BCUT2D eigenvalue weighted by Crippen LogP contribution is -2.74. The van der Waals surface area contributed by atoms with Gasteiger partial charge in [-0.2, -0.15) is 0 Å². The van der Waals surface area contributed by atoms with Crippen LogP contribution in [0.2, 0.25) is 0 Å². The van der Waals surface area contributed by atoms with E-state index in [0.29, 0.717) is 34.4 Å². The number of carbonyl (C=O) groups excluding carboxylic acids is 5. The molecule has 2 aromatic carbocycles. The van der Waals surface area contributed by atoms with Gasteiger partial charge in [0.05, 0.1) is 23.1 Å². The molecule has 7 rings (SSSR count). The number of nitrogens with two attached hydrogens (primary N) is 1. The highest BCUT2D eigenvalue weighted by Gasteiger charge is 2.69. The molecule has 274 valence electrons. The number of carbonyl (C=O) groups is 5. The van der Waals surface area contributed by atoms with Crippen LogP contribution >= 0.6 is 0 Å². The number of nitrogens with zero attached hydrogens (tertiary/aromatic N) is 2. The molecule has 0 radical (unpaired) electrons. The number of hydrogen-bond donors (Lipinski definition) is 3. The minimum absolute atomic E-state index is 0.00626. The highest BCUT2D eigenvalue weighted by molar-refractivity contribution is 6.32. The van der Waals surface area contributed by atoms with E-state index in [-0.39, 0.29) is 24.2 Å². The summed E-state index contributed by atoms with van der Waals surface area (Å²) < 4.78 is 6.33. The number of phenolic OH excluding ortho intramolecular Hbond substituents is 1. The van der Waals surface area contributed by atoms with Gasteiger partial charge in [0.2, 0.25) is 5.91 Å². The average molecular weight is 710 g/mol.